The minimum atomic E-state index is -0.941. The number of ether oxygens (including phenoxy) is 2. The van der Waals surface area contributed by atoms with Crippen LogP contribution in [0, 0.1) is 0 Å². The third-order valence-electron chi connectivity index (χ3n) is 8.26. The zero-order valence-electron chi connectivity index (χ0n) is 24.9. The van der Waals surface area contributed by atoms with Crippen LogP contribution in [0.4, 0.5) is 0 Å². The van der Waals surface area contributed by atoms with Crippen LogP contribution in [-0.4, -0.2) is 48.9 Å². The maximum absolute atomic E-state index is 11.4. The molecule has 218 valence electrons. The molecule has 0 saturated heterocycles. The SMILES string of the molecule is CCOC(Cc1ccc(OCCN(C)C2c3ccc(-c4ccccc4)cc3CCc3ccc(CC)cc32)cc1)C(=O)O. The van der Waals surface area contributed by atoms with Crippen molar-refractivity contribution in [3.63, 3.8) is 0 Å². The fourth-order valence-electron chi connectivity index (χ4n) is 5.95. The smallest absolute Gasteiger partial charge is 0.333 e. The van der Waals surface area contributed by atoms with Gasteiger partial charge < -0.3 is 14.6 Å². The van der Waals surface area contributed by atoms with Gasteiger partial charge >= 0.3 is 5.97 Å². The second kappa shape index (κ2) is 13.8. The van der Waals surface area contributed by atoms with Gasteiger partial charge in [0.2, 0.25) is 0 Å². The van der Waals surface area contributed by atoms with Crippen LogP contribution in [0.3, 0.4) is 0 Å². The van der Waals surface area contributed by atoms with Gasteiger partial charge in [0.05, 0.1) is 6.04 Å². The fraction of sp³-hybridized carbons (Fsp3) is 0.324. The van der Waals surface area contributed by atoms with Crippen LogP contribution in [0.15, 0.2) is 91.0 Å². The second-order valence-electron chi connectivity index (χ2n) is 11.0. The molecule has 4 aromatic rings. The van der Waals surface area contributed by atoms with Crippen LogP contribution < -0.4 is 4.74 Å². The van der Waals surface area contributed by atoms with Gasteiger partial charge in [0, 0.05) is 19.6 Å². The molecule has 2 atom stereocenters. The number of benzene rings is 4. The largest absolute Gasteiger partial charge is 0.492 e. The second-order valence-corrected chi connectivity index (χ2v) is 11.0. The van der Waals surface area contributed by atoms with Crippen LogP contribution in [0.2, 0.25) is 0 Å². The number of hydrogen-bond acceptors (Lipinski definition) is 4. The highest BCUT2D eigenvalue weighted by atomic mass is 16.5. The number of rotatable bonds is 12. The first-order valence-electron chi connectivity index (χ1n) is 15.0. The zero-order chi connectivity index (χ0) is 29.5. The Hall–Kier alpha value is -3.93. The minimum Gasteiger partial charge on any atom is -0.492 e. The third-order valence-corrected chi connectivity index (χ3v) is 8.26. The Labute approximate surface area is 249 Å². The van der Waals surface area contributed by atoms with Crippen molar-refractivity contribution in [2.24, 2.45) is 0 Å². The quantitative estimate of drug-likeness (QED) is 0.198. The Bertz CT molecular complexity index is 1480. The fourth-order valence-corrected chi connectivity index (χ4v) is 5.95. The van der Waals surface area contributed by atoms with Crippen LogP contribution in [-0.2, 0) is 35.2 Å². The number of nitrogens with zero attached hydrogens (tertiary/aromatic N) is 1. The van der Waals surface area contributed by atoms with Crippen molar-refractivity contribution in [1.29, 1.82) is 0 Å². The van der Waals surface area contributed by atoms with Gasteiger partial charge in [-0.2, -0.15) is 0 Å². The summed E-state index contributed by atoms with van der Waals surface area (Å²) in [6.45, 7) is 5.70. The third kappa shape index (κ3) is 6.92. The van der Waals surface area contributed by atoms with Crippen LogP contribution in [0.25, 0.3) is 11.1 Å². The van der Waals surface area contributed by atoms with Gasteiger partial charge in [-0.05, 0) is 89.9 Å². The monoisotopic (exact) mass is 563 g/mol. The molecule has 0 spiro atoms. The van der Waals surface area contributed by atoms with Crippen molar-refractivity contribution in [3.05, 3.63) is 124 Å². The molecule has 5 rings (SSSR count). The molecule has 0 bridgehead atoms. The number of carboxylic acids is 1. The molecule has 2 unspecified atom stereocenters. The van der Waals surface area contributed by atoms with Crippen molar-refractivity contribution in [2.75, 3.05) is 26.8 Å². The molecular weight excluding hydrogens is 522 g/mol. The molecule has 5 heteroatoms. The van der Waals surface area contributed by atoms with E-state index in [1.807, 2.05) is 24.3 Å². The Kier molecular flexibility index (Phi) is 9.73. The van der Waals surface area contributed by atoms with Crippen LogP contribution in [0.1, 0.15) is 53.3 Å². The van der Waals surface area contributed by atoms with E-state index in [4.69, 9.17) is 9.47 Å². The molecule has 0 radical (unpaired) electrons. The summed E-state index contributed by atoms with van der Waals surface area (Å²) in [7, 11) is 2.19. The lowest BCUT2D eigenvalue weighted by Gasteiger charge is -2.31. The first-order chi connectivity index (χ1) is 20.5. The van der Waals surface area contributed by atoms with E-state index >= 15 is 0 Å². The first-order valence-corrected chi connectivity index (χ1v) is 15.0. The Balaban J connectivity index is 1.33. The lowest BCUT2D eigenvalue weighted by Crippen LogP contribution is -2.30. The molecule has 0 amide bonds. The molecule has 0 fully saturated rings. The summed E-state index contributed by atoms with van der Waals surface area (Å²) < 4.78 is 11.5. The lowest BCUT2D eigenvalue weighted by molar-refractivity contribution is -0.149. The van der Waals surface area contributed by atoms with Gasteiger partial charge in [-0.3, -0.25) is 4.90 Å². The van der Waals surface area contributed by atoms with E-state index in [0.717, 1.165) is 37.1 Å². The van der Waals surface area contributed by atoms with Gasteiger partial charge in [-0.1, -0.05) is 85.8 Å². The summed E-state index contributed by atoms with van der Waals surface area (Å²) in [6.07, 6.45) is 2.56. The van der Waals surface area contributed by atoms with Gasteiger partial charge in [-0.15, -0.1) is 0 Å². The van der Waals surface area contributed by atoms with Crippen LogP contribution in [0.5, 0.6) is 5.75 Å². The Morgan fingerprint density at radius 2 is 1.60 bits per heavy atom. The number of likely N-dealkylation sites (N-methyl/N-ethyl adjacent to an activating group) is 1. The van der Waals surface area contributed by atoms with E-state index in [9.17, 15) is 9.90 Å². The molecule has 0 saturated carbocycles. The topological polar surface area (TPSA) is 59.0 Å². The molecule has 1 aliphatic rings. The van der Waals surface area contributed by atoms with Gasteiger partial charge in [0.25, 0.3) is 0 Å². The number of carbonyl (C=O) groups is 1. The Morgan fingerprint density at radius 1 is 0.857 bits per heavy atom. The summed E-state index contributed by atoms with van der Waals surface area (Å²) in [6, 6.07) is 32.4. The van der Waals surface area contributed by atoms with E-state index in [1.165, 1.54) is 38.9 Å². The van der Waals surface area contributed by atoms with E-state index in [0.29, 0.717) is 19.6 Å². The average molecular weight is 564 g/mol. The van der Waals surface area contributed by atoms with Crippen molar-refractivity contribution < 1.29 is 19.4 Å². The molecule has 1 N–H and O–H groups in total. The highest BCUT2D eigenvalue weighted by Gasteiger charge is 2.27. The van der Waals surface area contributed by atoms with E-state index in [1.54, 1.807) is 6.92 Å². The van der Waals surface area contributed by atoms with Crippen molar-refractivity contribution in [1.82, 2.24) is 4.90 Å². The summed E-state index contributed by atoms with van der Waals surface area (Å²) >= 11 is 0. The number of fused-ring (bicyclic) bond motifs is 2. The highest BCUT2D eigenvalue weighted by Crippen LogP contribution is 2.38. The molecular formula is C37H41NO4. The average Bonchev–Trinajstić information content (AvgIpc) is 3.18. The highest BCUT2D eigenvalue weighted by molar-refractivity contribution is 5.72. The summed E-state index contributed by atoms with van der Waals surface area (Å²) in [4.78, 5) is 13.9. The maximum Gasteiger partial charge on any atom is 0.333 e. The predicted molar refractivity (Wildman–Crippen MR) is 168 cm³/mol. The summed E-state index contributed by atoms with van der Waals surface area (Å²) in [5.41, 5.74) is 10.4. The maximum atomic E-state index is 11.4. The van der Waals surface area contributed by atoms with E-state index < -0.39 is 12.1 Å². The van der Waals surface area contributed by atoms with Gasteiger partial charge in [0.15, 0.2) is 6.10 Å². The molecule has 4 aromatic carbocycles. The number of aryl methyl sites for hydroxylation is 3. The zero-order valence-corrected chi connectivity index (χ0v) is 24.9. The molecule has 0 heterocycles. The van der Waals surface area contributed by atoms with Crippen molar-refractivity contribution in [2.45, 2.75) is 51.7 Å². The number of aliphatic carboxylic acids is 1. The molecule has 0 aliphatic heterocycles. The first kappa shape index (κ1) is 29.6. The van der Waals surface area contributed by atoms with E-state index in [2.05, 4.69) is 85.6 Å². The minimum absolute atomic E-state index is 0.145. The molecule has 42 heavy (non-hydrogen) atoms. The molecule has 1 aliphatic carbocycles. The number of hydrogen-bond donors (Lipinski definition) is 1. The predicted octanol–water partition coefficient (Wildman–Crippen LogP) is 7.15. The Morgan fingerprint density at radius 3 is 2.31 bits per heavy atom. The molecule has 5 nitrogen and oxygen atoms in total. The van der Waals surface area contributed by atoms with Gasteiger partial charge in [0.1, 0.15) is 12.4 Å². The van der Waals surface area contributed by atoms with Crippen molar-refractivity contribution >= 4 is 5.97 Å². The van der Waals surface area contributed by atoms with Gasteiger partial charge in [-0.25, -0.2) is 4.79 Å². The van der Waals surface area contributed by atoms with Crippen LogP contribution >= 0.6 is 0 Å². The number of carboxylic acid groups (broad SMARTS) is 1. The normalized spacial score (nSPS) is 15.0. The standard InChI is InChI=1S/C37H41NO4/c1-4-26-11-14-29-15-16-31-25-30(28-9-7-6-8-10-28)17-20-33(31)36(34(29)23-26)38(3)21-22-42-32-18-12-27(13-19-32)24-35(37(39)40)41-5-2/h6-14,17-20,23,25,35-36H,4-5,15-16,21-22,24H2,1-3H3,(H,39,40). The van der Waals surface area contributed by atoms with Crippen molar-refractivity contribution in [3.8, 4) is 16.9 Å². The lowest BCUT2D eigenvalue weighted by atomic mass is 9.90. The molecule has 0 aromatic heterocycles. The van der Waals surface area contributed by atoms with E-state index in [-0.39, 0.29) is 6.04 Å². The summed E-state index contributed by atoms with van der Waals surface area (Å²) in [5, 5.41) is 9.38. The summed E-state index contributed by atoms with van der Waals surface area (Å²) in [5.74, 6) is -0.165.